The van der Waals surface area contributed by atoms with E-state index in [1.165, 1.54) is 11.0 Å². The van der Waals surface area contributed by atoms with Crippen LogP contribution < -0.4 is 71.5 Å². The maximum absolute atomic E-state index is 14.4. The molecular formula is C35H46KN5O9S. The minimum atomic E-state index is -4.02. The summed E-state index contributed by atoms with van der Waals surface area (Å²) < 4.78 is 45.9. The van der Waals surface area contributed by atoms with Crippen LogP contribution in [0.5, 0.6) is 11.6 Å². The second kappa shape index (κ2) is 15.3. The third-order valence-electron chi connectivity index (χ3n) is 9.02. The summed E-state index contributed by atoms with van der Waals surface area (Å²) in [4.78, 5) is 60.6. The van der Waals surface area contributed by atoms with Gasteiger partial charge in [-0.25, -0.2) is 18.2 Å². The Labute approximate surface area is 341 Å². The predicted molar refractivity (Wildman–Crippen MR) is 185 cm³/mol. The number of amides is 4. The van der Waals surface area contributed by atoms with Gasteiger partial charge >= 0.3 is 57.5 Å². The van der Waals surface area contributed by atoms with E-state index in [2.05, 4.69) is 26.9 Å². The molecule has 0 unspecified atom stereocenters. The molecule has 14 nitrogen and oxygen atoms in total. The SMILES string of the molecule is C=C[C@@H]1C[C@]1(NC(=O)[C@@H]1C[C@@H](Oc2nccc3cc(OC)ccc23)CN1C(=O)[C@@H](NC(=O)OC(C)(C)C)C(C)(C)C)C(=O)[N-]S(=O)(=O)C1CC1.[K+]. The Kier molecular flexibility index (Phi) is 12.3. The summed E-state index contributed by atoms with van der Waals surface area (Å²) in [5, 5.41) is 6.23. The standard InChI is InChI=1S/C35H47N5O9S.K/c1-9-21-18-35(21,31(43)39-50(45,46)24-11-12-24)38-28(41)26-17-23(48-29-25-13-10-22(47-8)16-20(25)14-15-36-29)19-40(26)30(42)27(33(2,3)4)37-32(44)49-34(5,6)7;/h9-10,13-16,21,23-24,26-27H,1,11-12,17-19H2,2-8H3,(H3,37,38,39,41,43,44);/q;+1/p-1/t21-,23-,26+,27-,35-;/m1./s1. The third kappa shape index (κ3) is 9.43. The summed E-state index contributed by atoms with van der Waals surface area (Å²) in [6.45, 7) is 14.1. The smallest absolute Gasteiger partial charge is 0.544 e. The number of alkyl carbamates (subject to hydrolysis) is 1. The van der Waals surface area contributed by atoms with Crippen molar-refractivity contribution in [2.75, 3.05) is 13.7 Å². The number of carbonyl (C=O) groups is 4. The molecule has 272 valence electrons. The molecule has 4 amide bonds. The number of methoxy groups -OCH3 is 1. The van der Waals surface area contributed by atoms with E-state index in [4.69, 9.17) is 14.2 Å². The first-order valence-corrected chi connectivity index (χ1v) is 18.1. The molecule has 51 heavy (non-hydrogen) atoms. The number of likely N-dealkylation sites (tertiary alicyclic amines) is 1. The molecule has 1 aliphatic heterocycles. The van der Waals surface area contributed by atoms with Gasteiger partial charge in [-0.1, -0.05) is 26.8 Å². The molecule has 0 spiro atoms. The van der Waals surface area contributed by atoms with Gasteiger partial charge in [0, 0.05) is 29.2 Å². The van der Waals surface area contributed by atoms with Gasteiger partial charge in [0.1, 0.15) is 29.5 Å². The van der Waals surface area contributed by atoms with Crippen LogP contribution in [0.1, 0.15) is 67.2 Å². The molecule has 3 aliphatic rings. The Hall–Kier alpha value is -2.76. The molecule has 0 radical (unpaired) electrons. The van der Waals surface area contributed by atoms with Crippen LogP contribution in [0.4, 0.5) is 4.79 Å². The van der Waals surface area contributed by atoms with Crippen molar-refractivity contribution in [2.45, 2.75) is 102 Å². The number of rotatable bonds is 11. The van der Waals surface area contributed by atoms with Gasteiger partial charge in [-0.05, 0) is 75.1 Å². The molecule has 1 aromatic carbocycles. The van der Waals surface area contributed by atoms with E-state index < -0.39 is 79.7 Å². The van der Waals surface area contributed by atoms with E-state index in [-0.39, 0.29) is 76.7 Å². The van der Waals surface area contributed by atoms with E-state index in [1.807, 2.05) is 6.07 Å². The molecule has 2 N–H and O–H groups in total. The van der Waals surface area contributed by atoms with E-state index >= 15 is 0 Å². The van der Waals surface area contributed by atoms with Gasteiger partial charge in [0.05, 0.1) is 35.1 Å². The summed E-state index contributed by atoms with van der Waals surface area (Å²) >= 11 is 0. The average Bonchev–Trinajstić information content (AvgIpc) is 3.95. The molecule has 5 rings (SSSR count). The van der Waals surface area contributed by atoms with Crippen LogP contribution in [0.25, 0.3) is 15.5 Å². The molecule has 1 aromatic heterocycles. The topological polar surface area (TPSA) is 184 Å². The Morgan fingerprint density at radius 2 is 1.80 bits per heavy atom. The van der Waals surface area contributed by atoms with E-state index in [0.717, 1.165) is 5.39 Å². The molecule has 2 heterocycles. The van der Waals surface area contributed by atoms with Crippen LogP contribution >= 0.6 is 0 Å². The molecule has 5 atom stereocenters. The summed E-state index contributed by atoms with van der Waals surface area (Å²) in [6.07, 6.45) is 2.50. The summed E-state index contributed by atoms with van der Waals surface area (Å²) in [6, 6.07) is 4.92. The van der Waals surface area contributed by atoms with Gasteiger partial charge in [0.25, 0.3) is 0 Å². The number of hydrogen-bond donors (Lipinski definition) is 2. The Balaban J connectivity index is 0.00000583. The van der Waals surface area contributed by atoms with Crippen molar-refractivity contribution in [2.24, 2.45) is 11.3 Å². The minimum Gasteiger partial charge on any atom is -0.544 e. The Morgan fingerprint density at radius 1 is 1.12 bits per heavy atom. The zero-order chi connectivity index (χ0) is 36.8. The van der Waals surface area contributed by atoms with Crippen LogP contribution in [0.2, 0.25) is 0 Å². The van der Waals surface area contributed by atoms with E-state index in [9.17, 15) is 27.6 Å². The summed E-state index contributed by atoms with van der Waals surface area (Å²) in [5.74, 6) is -1.85. The molecule has 3 fully saturated rings. The first kappa shape index (κ1) is 41.0. The molecule has 2 aromatic rings. The third-order valence-corrected chi connectivity index (χ3v) is 10.8. The zero-order valence-corrected chi connectivity index (χ0v) is 34.5. The van der Waals surface area contributed by atoms with Crippen molar-refractivity contribution in [3.8, 4) is 11.6 Å². The van der Waals surface area contributed by atoms with E-state index in [0.29, 0.717) is 24.0 Å². The van der Waals surface area contributed by atoms with Crippen molar-refractivity contribution in [3.05, 3.63) is 47.8 Å². The first-order chi connectivity index (χ1) is 23.3. The fraction of sp³-hybridized carbons (Fsp3) is 0.571. The number of nitrogens with one attached hydrogen (secondary N) is 2. The minimum absolute atomic E-state index is 0. The van der Waals surface area contributed by atoms with Gasteiger partial charge in [-0.3, -0.25) is 9.59 Å². The molecular weight excluding hydrogens is 706 g/mol. The number of sulfonamides is 1. The molecule has 1 saturated heterocycles. The van der Waals surface area contributed by atoms with E-state index in [1.54, 1.807) is 73.0 Å². The number of carbonyl (C=O) groups excluding carboxylic acids is 4. The average molecular weight is 752 g/mol. The van der Waals surface area contributed by atoms with Gasteiger partial charge < -0.3 is 39.3 Å². The number of aromatic nitrogens is 1. The van der Waals surface area contributed by atoms with Crippen molar-refractivity contribution in [1.82, 2.24) is 20.5 Å². The quantitative estimate of drug-likeness (QED) is 0.248. The molecule has 2 aliphatic carbocycles. The zero-order valence-electron chi connectivity index (χ0n) is 30.5. The number of nitrogens with zero attached hydrogens (tertiary/aromatic N) is 3. The van der Waals surface area contributed by atoms with Crippen LogP contribution in [0.3, 0.4) is 0 Å². The van der Waals surface area contributed by atoms with Gasteiger partial charge in [0.2, 0.25) is 17.7 Å². The molecule has 2 saturated carbocycles. The van der Waals surface area contributed by atoms with Crippen LogP contribution in [-0.2, 0) is 29.1 Å². The summed E-state index contributed by atoms with van der Waals surface area (Å²) in [5.41, 5.74) is -3.25. The number of hydrogen-bond acceptors (Lipinski definition) is 10. The molecule has 16 heteroatoms. The fourth-order valence-electron chi connectivity index (χ4n) is 6.08. The maximum atomic E-state index is 14.4. The van der Waals surface area contributed by atoms with Crippen LogP contribution in [0.15, 0.2) is 43.1 Å². The van der Waals surface area contributed by atoms with Crippen LogP contribution in [-0.4, -0.2) is 90.3 Å². The van der Waals surface area contributed by atoms with Crippen LogP contribution in [0, 0.1) is 11.3 Å². The van der Waals surface area contributed by atoms with Crippen molar-refractivity contribution >= 4 is 44.6 Å². The number of pyridine rings is 1. The fourth-order valence-corrected chi connectivity index (χ4v) is 7.35. The number of benzene rings is 1. The predicted octanol–water partition coefficient (Wildman–Crippen LogP) is 0.989. The first-order valence-electron chi connectivity index (χ1n) is 16.6. The summed E-state index contributed by atoms with van der Waals surface area (Å²) in [7, 11) is -2.46. The van der Waals surface area contributed by atoms with Gasteiger partial charge in [-0.15, -0.1) is 6.58 Å². The van der Waals surface area contributed by atoms with Crippen molar-refractivity contribution < 1.29 is 93.2 Å². The largest absolute Gasteiger partial charge is 1.00 e. The van der Waals surface area contributed by atoms with Crippen molar-refractivity contribution in [3.63, 3.8) is 0 Å². The van der Waals surface area contributed by atoms with Gasteiger partial charge in [0.15, 0.2) is 0 Å². The van der Waals surface area contributed by atoms with Gasteiger partial charge in [-0.2, -0.15) is 0 Å². The number of ether oxygens (including phenoxy) is 3. The Morgan fingerprint density at radius 3 is 2.37 bits per heavy atom. The normalized spacial score (nSPS) is 23.7. The monoisotopic (exact) mass is 751 g/mol. The second-order valence-electron chi connectivity index (χ2n) is 15.2. The second-order valence-corrected chi connectivity index (χ2v) is 17.1. The maximum Gasteiger partial charge on any atom is 1.00 e. The number of fused-ring (bicyclic) bond motifs is 1. The molecule has 0 bridgehead atoms. The van der Waals surface area contributed by atoms with Crippen molar-refractivity contribution in [1.29, 1.82) is 0 Å². The Bertz CT molecular complexity index is 1800.